The predicted molar refractivity (Wildman–Crippen MR) is 117 cm³/mol. The Morgan fingerprint density at radius 1 is 1.00 bits per heavy atom. The maximum absolute atomic E-state index is 13.1. The first kappa shape index (κ1) is 19.6. The maximum Gasteiger partial charge on any atom is 0.252 e. The van der Waals surface area contributed by atoms with Gasteiger partial charge < -0.3 is 4.90 Å². The van der Waals surface area contributed by atoms with Crippen molar-refractivity contribution in [3.05, 3.63) is 51.8 Å². The Hall–Kier alpha value is -1.74. The van der Waals surface area contributed by atoms with Crippen molar-refractivity contribution in [3.63, 3.8) is 0 Å². The van der Waals surface area contributed by atoms with Crippen LogP contribution in [-0.4, -0.2) is 43.9 Å². The predicted octanol–water partition coefficient (Wildman–Crippen LogP) is 4.31. The fourth-order valence-corrected chi connectivity index (χ4v) is 6.98. The molecule has 0 radical (unpaired) electrons. The molecular formula is C20H23N3O2S3. The van der Waals surface area contributed by atoms with Gasteiger partial charge in [-0.3, -0.25) is 0 Å². The van der Waals surface area contributed by atoms with Crippen LogP contribution in [0.25, 0.3) is 10.6 Å². The van der Waals surface area contributed by atoms with E-state index in [1.807, 2.05) is 18.4 Å². The average Bonchev–Trinajstić information content (AvgIpc) is 3.33. The van der Waals surface area contributed by atoms with E-state index in [0.717, 1.165) is 15.6 Å². The van der Waals surface area contributed by atoms with E-state index in [2.05, 4.69) is 41.9 Å². The van der Waals surface area contributed by atoms with E-state index < -0.39 is 10.0 Å². The molecule has 0 N–H and O–H groups in total. The number of sulfonamides is 1. The van der Waals surface area contributed by atoms with Gasteiger partial charge in [0.25, 0.3) is 10.0 Å². The van der Waals surface area contributed by atoms with Crippen molar-refractivity contribution >= 4 is 38.4 Å². The molecule has 1 aliphatic rings. The van der Waals surface area contributed by atoms with Crippen LogP contribution in [0.4, 0.5) is 5.69 Å². The van der Waals surface area contributed by atoms with Gasteiger partial charge >= 0.3 is 0 Å². The third kappa shape index (κ3) is 3.61. The number of aromatic nitrogens is 1. The summed E-state index contributed by atoms with van der Waals surface area (Å²) in [6.45, 7) is 8.59. The second-order valence-electron chi connectivity index (χ2n) is 6.98. The number of nitrogens with zero attached hydrogens (tertiary/aromatic N) is 3. The Kier molecular flexibility index (Phi) is 5.30. The zero-order valence-corrected chi connectivity index (χ0v) is 18.6. The van der Waals surface area contributed by atoms with E-state index >= 15 is 0 Å². The summed E-state index contributed by atoms with van der Waals surface area (Å²) in [5, 5.41) is 2.95. The van der Waals surface area contributed by atoms with Gasteiger partial charge in [0.15, 0.2) is 0 Å². The molecule has 1 aliphatic heterocycles. The Bertz CT molecular complexity index is 1090. The zero-order valence-electron chi connectivity index (χ0n) is 16.2. The van der Waals surface area contributed by atoms with Crippen LogP contribution < -0.4 is 4.90 Å². The fraction of sp³-hybridized carbons (Fsp3) is 0.350. The lowest BCUT2D eigenvalue weighted by atomic mass is 10.1. The number of benzene rings is 1. The van der Waals surface area contributed by atoms with Gasteiger partial charge in [-0.05, 0) is 50.1 Å². The normalized spacial score (nSPS) is 15.9. The molecule has 0 amide bonds. The molecule has 2 aromatic heterocycles. The van der Waals surface area contributed by atoms with Gasteiger partial charge in [-0.1, -0.05) is 12.1 Å². The summed E-state index contributed by atoms with van der Waals surface area (Å²) >= 11 is 2.88. The van der Waals surface area contributed by atoms with Crippen molar-refractivity contribution in [1.29, 1.82) is 0 Å². The van der Waals surface area contributed by atoms with E-state index in [1.54, 1.807) is 21.7 Å². The van der Waals surface area contributed by atoms with Gasteiger partial charge in [-0.2, -0.15) is 4.31 Å². The summed E-state index contributed by atoms with van der Waals surface area (Å²) in [4.78, 5) is 7.65. The fourth-order valence-electron chi connectivity index (χ4n) is 3.45. The topological polar surface area (TPSA) is 53.5 Å². The molecule has 3 aromatic rings. The monoisotopic (exact) mass is 433 g/mol. The third-order valence-electron chi connectivity index (χ3n) is 5.20. The highest BCUT2D eigenvalue weighted by Crippen LogP contribution is 2.33. The van der Waals surface area contributed by atoms with Crippen LogP contribution in [0.5, 0.6) is 0 Å². The lowest BCUT2D eigenvalue weighted by molar-refractivity contribution is 0.385. The summed E-state index contributed by atoms with van der Waals surface area (Å²) in [5.41, 5.74) is 4.58. The second kappa shape index (κ2) is 7.59. The standard InChI is InChI=1S/C20H23N3O2S3/c1-14-5-4-6-18(15(14)2)22-9-11-23(12-10-22)28(24,25)20-8-7-19(27-20)17-13-26-16(3)21-17/h4-8,13H,9-12H2,1-3H3. The summed E-state index contributed by atoms with van der Waals surface area (Å²) < 4.78 is 28.2. The van der Waals surface area contributed by atoms with Crippen molar-refractivity contribution < 1.29 is 8.42 Å². The van der Waals surface area contributed by atoms with Crippen LogP contribution in [0.15, 0.2) is 39.9 Å². The van der Waals surface area contributed by atoms with Gasteiger partial charge in [-0.15, -0.1) is 22.7 Å². The summed E-state index contributed by atoms with van der Waals surface area (Å²) in [6, 6.07) is 9.86. The molecule has 28 heavy (non-hydrogen) atoms. The number of thiazole rings is 1. The average molecular weight is 434 g/mol. The molecule has 1 aromatic carbocycles. The number of piperazine rings is 1. The summed E-state index contributed by atoms with van der Waals surface area (Å²) in [5.74, 6) is 0. The molecular weight excluding hydrogens is 410 g/mol. The SMILES string of the molecule is Cc1nc(-c2ccc(S(=O)(=O)N3CCN(c4cccc(C)c4C)CC3)s2)cs1. The van der Waals surface area contributed by atoms with Crippen molar-refractivity contribution in [3.8, 4) is 10.6 Å². The van der Waals surface area contributed by atoms with E-state index in [9.17, 15) is 8.42 Å². The lowest BCUT2D eigenvalue weighted by Gasteiger charge is -2.36. The smallest absolute Gasteiger partial charge is 0.252 e. The number of hydrogen-bond donors (Lipinski definition) is 0. The van der Waals surface area contributed by atoms with Gasteiger partial charge in [0.05, 0.1) is 15.6 Å². The quantitative estimate of drug-likeness (QED) is 0.615. The number of rotatable bonds is 4. The largest absolute Gasteiger partial charge is 0.369 e. The highest BCUT2D eigenvalue weighted by atomic mass is 32.2. The Morgan fingerprint density at radius 2 is 1.75 bits per heavy atom. The Labute approximate surface area is 174 Å². The molecule has 1 saturated heterocycles. The summed E-state index contributed by atoms with van der Waals surface area (Å²) in [6.07, 6.45) is 0. The van der Waals surface area contributed by atoms with Crippen LogP contribution >= 0.6 is 22.7 Å². The maximum atomic E-state index is 13.1. The molecule has 0 saturated carbocycles. The van der Waals surface area contributed by atoms with Gasteiger partial charge in [0, 0.05) is 37.2 Å². The first-order valence-electron chi connectivity index (χ1n) is 9.20. The van der Waals surface area contributed by atoms with Gasteiger partial charge in [-0.25, -0.2) is 13.4 Å². The molecule has 0 aliphatic carbocycles. The van der Waals surface area contributed by atoms with Crippen LogP contribution in [0.1, 0.15) is 16.1 Å². The molecule has 0 unspecified atom stereocenters. The number of hydrogen-bond acceptors (Lipinski definition) is 6. The van der Waals surface area contributed by atoms with E-state index in [1.165, 1.54) is 28.2 Å². The molecule has 1 fully saturated rings. The molecule has 0 atom stereocenters. The first-order chi connectivity index (χ1) is 13.4. The van der Waals surface area contributed by atoms with Crippen molar-refractivity contribution in [2.24, 2.45) is 0 Å². The first-order valence-corrected chi connectivity index (χ1v) is 12.3. The van der Waals surface area contributed by atoms with Gasteiger partial charge in [0.1, 0.15) is 4.21 Å². The zero-order chi connectivity index (χ0) is 19.9. The van der Waals surface area contributed by atoms with E-state index in [-0.39, 0.29) is 0 Å². The van der Waals surface area contributed by atoms with Crippen molar-refractivity contribution in [1.82, 2.24) is 9.29 Å². The summed E-state index contributed by atoms with van der Waals surface area (Å²) in [7, 11) is -3.47. The minimum absolute atomic E-state index is 0.397. The van der Waals surface area contributed by atoms with Crippen molar-refractivity contribution in [2.45, 2.75) is 25.0 Å². The molecule has 0 bridgehead atoms. The lowest BCUT2D eigenvalue weighted by Crippen LogP contribution is -2.48. The Balaban J connectivity index is 1.49. The molecule has 8 heteroatoms. The highest BCUT2D eigenvalue weighted by molar-refractivity contribution is 7.91. The molecule has 3 heterocycles. The minimum atomic E-state index is -3.47. The number of thiophene rings is 1. The van der Waals surface area contributed by atoms with E-state index in [0.29, 0.717) is 30.4 Å². The molecule has 148 valence electrons. The molecule has 0 spiro atoms. The Morgan fingerprint density at radius 3 is 2.43 bits per heavy atom. The van der Waals surface area contributed by atoms with Crippen LogP contribution in [-0.2, 0) is 10.0 Å². The highest BCUT2D eigenvalue weighted by Gasteiger charge is 2.30. The van der Waals surface area contributed by atoms with E-state index in [4.69, 9.17) is 0 Å². The second-order valence-corrected chi connectivity index (χ2v) is 11.3. The van der Waals surface area contributed by atoms with Crippen molar-refractivity contribution in [2.75, 3.05) is 31.1 Å². The minimum Gasteiger partial charge on any atom is -0.369 e. The molecule has 4 rings (SSSR count). The van der Waals surface area contributed by atoms with Crippen LogP contribution in [0.3, 0.4) is 0 Å². The number of aryl methyl sites for hydroxylation is 2. The molecule has 5 nitrogen and oxygen atoms in total. The van der Waals surface area contributed by atoms with Gasteiger partial charge in [0.2, 0.25) is 0 Å². The third-order valence-corrected chi connectivity index (χ3v) is 9.45. The van der Waals surface area contributed by atoms with Crippen LogP contribution in [0, 0.1) is 20.8 Å². The number of anilines is 1. The van der Waals surface area contributed by atoms with Crippen LogP contribution in [0.2, 0.25) is 0 Å².